The number of hydrogen-bond acceptors (Lipinski definition) is 2. The second-order valence-corrected chi connectivity index (χ2v) is 7.55. The summed E-state index contributed by atoms with van der Waals surface area (Å²) in [6.07, 6.45) is 0.697. The molecule has 1 heterocycles. The maximum absolute atomic E-state index is 12.5. The Bertz CT molecular complexity index is 577. The number of carbonyl (C=O) groups is 2. The lowest BCUT2D eigenvalue weighted by Gasteiger charge is -2.36. The number of rotatable bonds is 2. The molecule has 4 nitrogen and oxygen atoms in total. The van der Waals surface area contributed by atoms with E-state index in [0.29, 0.717) is 19.4 Å². The Balaban J connectivity index is 2.32. The van der Waals surface area contributed by atoms with Crippen molar-refractivity contribution in [2.45, 2.75) is 46.2 Å². The molecule has 1 aliphatic heterocycles. The van der Waals surface area contributed by atoms with Crippen LogP contribution in [0.1, 0.15) is 38.3 Å². The Morgan fingerprint density at radius 2 is 2.05 bits per heavy atom. The summed E-state index contributed by atoms with van der Waals surface area (Å²) in [6.45, 7) is 6.31. The minimum Gasteiger partial charge on any atom is -0.480 e. The molecule has 0 saturated carbocycles. The topological polar surface area (TPSA) is 57.6 Å². The molecular formula is C16H20BrNO3. The molecule has 1 aromatic rings. The summed E-state index contributed by atoms with van der Waals surface area (Å²) in [5, 5.41) is 9.46. The van der Waals surface area contributed by atoms with E-state index >= 15 is 0 Å². The number of carbonyl (C=O) groups excluding carboxylic acids is 1. The smallest absolute Gasteiger partial charge is 0.326 e. The van der Waals surface area contributed by atoms with Crippen LogP contribution in [0.4, 0.5) is 0 Å². The van der Waals surface area contributed by atoms with E-state index in [9.17, 15) is 14.7 Å². The van der Waals surface area contributed by atoms with Crippen molar-refractivity contribution in [2.24, 2.45) is 5.41 Å². The maximum Gasteiger partial charge on any atom is 0.326 e. The van der Waals surface area contributed by atoms with Crippen LogP contribution in [0, 0.1) is 5.41 Å². The Morgan fingerprint density at radius 1 is 1.38 bits per heavy atom. The van der Waals surface area contributed by atoms with E-state index in [-0.39, 0.29) is 11.3 Å². The molecule has 0 bridgehead atoms. The van der Waals surface area contributed by atoms with Crippen LogP contribution in [-0.2, 0) is 22.6 Å². The summed E-state index contributed by atoms with van der Waals surface area (Å²) in [7, 11) is 0. The highest BCUT2D eigenvalue weighted by atomic mass is 79.9. The third-order valence-corrected chi connectivity index (χ3v) is 4.36. The van der Waals surface area contributed by atoms with Gasteiger partial charge in [-0.1, -0.05) is 48.8 Å². The Labute approximate surface area is 133 Å². The predicted molar refractivity (Wildman–Crippen MR) is 83.9 cm³/mol. The zero-order valence-corrected chi connectivity index (χ0v) is 14.1. The van der Waals surface area contributed by atoms with E-state index in [0.717, 1.165) is 15.6 Å². The number of carboxylic acids is 1. The predicted octanol–water partition coefficient (Wildman–Crippen LogP) is 3.22. The zero-order chi connectivity index (χ0) is 15.8. The van der Waals surface area contributed by atoms with E-state index in [1.54, 1.807) is 0 Å². The molecule has 114 valence electrons. The molecule has 1 unspecified atom stereocenters. The molecular weight excluding hydrogens is 334 g/mol. The fraction of sp³-hybridized carbons (Fsp3) is 0.500. The van der Waals surface area contributed by atoms with E-state index in [1.807, 2.05) is 39.0 Å². The van der Waals surface area contributed by atoms with Gasteiger partial charge < -0.3 is 10.0 Å². The lowest BCUT2D eigenvalue weighted by molar-refractivity contribution is -0.152. The molecule has 0 saturated heterocycles. The van der Waals surface area contributed by atoms with Gasteiger partial charge in [-0.25, -0.2) is 4.79 Å². The van der Waals surface area contributed by atoms with Crippen LogP contribution in [-0.4, -0.2) is 27.9 Å². The number of fused-ring (bicyclic) bond motifs is 1. The summed E-state index contributed by atoms with van der Waals surface area (Å²) in [5.74, 6) is -1.04. The number of aliphatic carboxylic acids is 1. The average Bonchev–Trinajstić information content (AvgIpc) is 2.35. The minimum atomic E-state index is -0.946. The third-order valence-electron chi connectivity index (χ3n) is 3.62. The summed E-state index contributed by atoms with van der Waals surface area (Å²) in [6, 6.07) is 4.99. The zero-order valence-electron chi connectivity index (χ0n) is 12.5. The number of amides is 1. The van der Waals surface area contributed by atoms with Gasteiger partial charge in [0.1, 0.15) is 6.04 Å². The van der Waals surface area contributed by atoms with Crippen molar-refractivity contribution in [3.05, 3.63) is 33.8 Å². The monoisotopic (exact) mass is 353 g/mol. The summed E-state index contributed by atoms with van der Waals surface area (Å²) in [5.41, 5.74) is 1.85. The van der Waals surface area contributed by atoms with Gasteiger partial charge in [-0.05, 0) is 22.6 Å². The summed E-state index contributed by atoms with van der Waals surface area (Å²) in [4.78, 5) is 25.5. The van der Waals surface area contributed by atoms with Crippen LogP contribution in [0.5, 0.6) is 0 Å². The second-order valence-electron chi connectivity index (χ2n) is 6.69. The van der Waals surface area contributed by atoms with Crippen molar-refractivity contribution in [1.29, 1.82) is 0 Å². The van der Waals surface area contributed by atoms with Gasteiger partial charge in [0, 0.05) is 23.9 Å². The van der Waals surface area contributed by atoms with Crippen LogP contribution in [0.2, 0.25) is 0 Å². The molecule has 1 aliphatic rings. The highest BCUT2D eigenvalue weighted by Gasteiger charge is 2.36. The van der Waals surface area contributed by atoms with Crippen molar-refractivity contribution < 1.29 is 14.7 Å². The highest BCUT2D eigenvalue weighted by molar-refractivity contribution is 9.10. The minimum absolute atomic E-state index is 0.0967. The Hall–Kier alpha value is -1.36. The van der Waals surface area contributed by atoms with Crippen LogP contribution >= 0.6 is 15.9 Å². The van der Waals surface area contributed by atoms with E-state index in [1.165, 1.54) is 4.90 Å². The lowest BCUT2D eigenvalue weighted by Crippen LogP contribution is -2.49. The molecule has 0 aromatic heterocycles. The quantitative estimate of drug-likeness (QED) is 0.887. The third kappa shape index (κ3) is 3.64. The van der Waals surface area contributed by atoms with Crippen molar-refractivity contribution in [1.82, 2.24) is 4.90 Å². The summed E-state index contributed by atoms with van der Waals surface area (Å²) >= 11 is 3.47. The van der Waals surface area contributed by atoms with Gasteiger partial charge in [0.15, 0.2) is 0 Å². The fourth-order valence-electron chi connectivity index (χ4n) is 2.62. The van der Waals surface area contributed by atoms with E-state index < -0.39 is 12.0 Å². The molecule has 1 N–H and O–H groups in total. The van der Waals surface area contributed by atoms with Gasteiger partial charge in [-0.3, -0.25) is 4.79 Å². The number of carboxylic acid groups (broad SMARTS) is 1. The first-order valence-corrected chi connectivity index (χ1v) is 7.77. The molecule has 2 rings (SSSR count). The molecule has 21 heavy (non-hydrogen) atoms. The largest absolute Gasteiger partial charge is 0.480 e. The van der Waals surface area contributed by atoms with Crippen molar-refractivity contribution in [3.63, 3.8) is 0 Å². The molecule has 0 aliphatic carbocycles. The van der Waals surface area contributed by atoms with Gasteiger partial charge in [-0.15, -0.1) is 0 Å². The normalized spacial score (nSPS) is 18.3. The van der Waals surface area contributed by atoms with Crippen LogP contribution in [0.15, 0.2) is 22.7 Å². The molecule has 0 spiro atoms. The number of nitrogens with zero attached hydrogens (tertiary/aromatic N) is 1. The summed E-state index contributed by atoms with van der Waals surface area (Å²) < 4.78 is 0.911. The van der Waals surface area contributed by atoms with Crippen molar-refractivity contribution in [2.75, 3.05) is 0 Å². The Morgan fingerprint density at radius 3 is 2.62 bits per heavy atom. The molecule has 1 atom stereocenters. The van der Waals surface area contributed by atoms with Gasteiger partial charge in [0.25, 0.3) is 0 Å². The van der Waals surface area contributed by atoms with Crippen molar-refractivity contribution >= 4 is 27.8 Å². The highest BCUT2D eigenvalue weighted by Crippen LogP contribution is 2.31. The van der Waals surface area contributed by atoms with Gasteiger partial charge in [0.2, 0.25) is 5.91 Å². The molecule has 1 aromatic carbocycles. The number of halogens is 1. The molecule has 0 fully saturated rings. The van der Waals surface area contributed by atoms with Gasteiger partial charge >= 0.3 is 5.97 Å². The second kappa shape index (κ2) is 5.79. The first kappa shape index (κ1) is 16.0. The van der Waals surface area contributed by atoms with Crippen LogP contribution in [0.25, 0.3) is 0 Å². The van der Waals surface area contributed by atoms with Gasteiger partial charge in [-0.2, -0.15) is 0 Å². The Kier molecular flexibility index (Phi) is 4.42. The van der Waals surface area contributed by atoms with Gasteiger partial charge in [0.05, 0.1) is 0 Å². The molecule has 5 heteroatoms. The lowest BCUT2D eigenvalue weighted by atomic mass is 9.89. The van der Waals surface area contributed by atoms with E-state index in [4.69, 9.17) is 0 Å². The van der Waals surface area contributed by atoms with E-state index in [2.05, 4.69) is 15.9 Å². The number of hydrogen-bond donors (Lipinski definition) is 1. The first-order valence-electron chi connectivity index (χ1n) is 6.97. The first-order chi connectivity index (χ1) is 9.69. The number of benzene rings is 1. The SMILES string of the molecule is CC(C)(C)CC(=O)N1Cc2cccc(Br)c2CC1C(=O)O. The van der Waals surface area contributed by atoms with Crippen LogP contribution in [0.3, 0.4) is 0 Å². The van der Waals surface area contributed by atoms with Crippen molar-refractivity contribution in [3.8, 4) is 0 Å². The molecule has 1 amide bonds. The van der Waals surface area contributed by atoms with Crippen LogP contribution < -0.4 is 0 Å². The maximum atomic E-state index is 12.5. The molecule has 0 radical (unpaired) electrons. The fourth-order valence-corrected chi connectivity index (χ4v) is 3.18. The average molecular weight is 354 g/mol. The standard InChI is InChI=1S/C16H20BrNO3/c1-16(2,3)8-14(19)18-9-10-5-4-6-12(17)11(10)7-13(18)15(20)21/h4-6,13H,7-9H2,1-3H3,(H,20,21).